The van der Waals surface area contributed by atoms with E-state index in [1.54, 1.807) is 21.6 Å². The number of hydrogen-bond donors (Lipinski definition) is 3. The molecule has 0 aromatic rings. The SMILES string of the molecule is CCCC(CC)C(=O)NCCSSCCC(=O)O.O=C(O)C(F)(F)F. The van der Waals surface area contributed by atoms with Crippen molar-refractivity contribution in [3.05, 3.63) is 0 Å². The molecule has 0 radical (unpaired) electrons. The Kier molecular flexibility index (Phi) is 15.9. The van der Waals surface area contributed by atoms with Gasteiger partial charge in [-0.15, -0.1) is 0 Å². The van der Waals surface area contributed by atoms with Crippen molar-refractivity contribution in [2.75, 3.05) is 18.1 Å². The molecular formula is C14H24F3NO5S2. The van der Waals surface area contributed by atoms with Crippen molar-refractivity contribution in [1.82, 2.24) is 5.32 Å². The lowest BCUT2D eigenvalue weighted by Gasteiger charge is -2.13. The Balaban J connectivity index is 0. The van der Waals surface area contributed by atoms with Gasteiger partial charge in [-0.2, -0.15) is 13.2 Å². The van der Waals surface area contributed by atoms with Crippen LogP contribution in [0.15, 0.2) is 0 Å². The topological polar surface area (TPSA) is 104 Å². The highest BCUT2D eigenvalue weighted by atomic mass is 33.1. The van der Waals surface area contributed by atoms with E-state index in [2.05, 4.69) is 12.2 Å². The van der Waals surface area contributed by atoms with E-state index in [1.807, 2.05) is 6.92 Å². The van der Waals surface area contributed by atoms with E-state index in [-0.39, 0.29) is 18.2 Å². The third kappa shape index (κ3) is 17.5. The van der Waals surface area contributed by atoms with E-state index in [9.17, 15) is 22.8 Å². The van der Waals surface area contributed by atoms with E-state index in [4.69, 9.17) is 15.0 Å². The van der Waals surface area contributed by atoms with E-state index in [1.165, 1.54) is 0 Å². The summed E-state index contributed by atoms with van der Waals surface area (Å²) in [5.74, 6) is -1.80. The van der Waals surface area contributed by atoms with Gasteiger partial charge in [0.1, 0.15) is 0 Å². The van der Waals surface area contributed by atoms with Gasteiger partial charge in [-0.05, 0) is 12.8 Å². The van der Waals surface area contributed by atoms with E-state index in [0.717, 1.165) is 25.0 Å². The van der Waals surface area contributed by atoms with E-state index >= 15 is 0 Å². The summed E-state index contributed by atoms with van der Waals surface area (Å²) in [7, 11) is 3.15. The van der Waals surface area contributed by atoms with Crippen molar-refractivity contribution in [2.24, 2.45) is 5.92 Å². The van der Waals surface area contributed by atoms with E-state index < -0.39 is 18.1 Å². The number of aliphatic carboxylic acids is 2. The zero-order chi connectivity index (χ0) is 19.9. The second kappa shape index (κ2) is 15.2. The molecule has 0 heterocycles. The van der Waals surface area contributed by atoms with Crippen LogP contribution in [0.4, 0.5) is 13.2 Å². The third-order valence-electron chi connectivity index (χ3n) is 2.71. The molecule has 0 aliphatic carbocycles. The van der Waals surface area contributed by atoms with Gasteiger partial charge < -0.3 is 15.5 Å². The number of carboxylic acids is 2. The van der Waals surface area contributed by atoms with Crippen molar-refractivity contribution in [1.29, 1.82) is 0 Å². The molecule has 148 valence electrons. The average molecular weight is 407 g/mol. The summed E-state index contributed by atoms with van der Waals surface area (Å²) in [5, 5.41) is 18.5. The largest absolute Gasteiger partial charge is 0.490 e. The Hall–Kier alpha value is -1.10. The van der Waals surface area contributed by atoms with Crippen LogP contribution in [0.25, 0.3) is 0 Å². The number of halogens is 3. The summed E-state index contributed by atoms with van der Waals surface area (Å²) in [6.07, 6.45) is -2.02. The fourth-order valence-corrected chi connectivity index (χ4v) is 3.36. The second-order valence-electron chi connectivity index (χ2n) is 4.78. The number of carboxylic acid groups (broad SMARTS) is 2. The molecule has 3 N–H and O–H groups in total. The zero-order valence-corrected chi connectivity index (χ0v) is 15.7. The van der Waals surface area contributed by atoms with Gasteiger partial charge in [0.2, 0.25) is 5.91 Å². The Morgan fingerprint density at radius 1 is 1.08 bits per heavy atom. The number of carbonyl (C=O) groups excluding carboxylic acids is 1. The number of alkyl halides is 3. The van der Waals surface area contributed by atoms with Gasteiger partial charge >= 0.3 is 18.1 Å². The highest BCUT2D eigenvalue weighted by molar-refractivity contribution is 8.76. The van der Waals surface area contributed by atoms with Crippen molar-refractivity contribution < 1.29 is 37.8 Å². The fourth-order valence-electron chi connectivity index (χ4n) is 1.48. The number of amides is 1. The molecule has 0 saturated carbocycles. The molecule has 1 atom stereocenters. The molecule has 1 unspecified atom stereocenters. The average Bonchev–Trinajstić information content (AvgIpc) is 2.50. The normalized spacial score (nSPS) is 11.9. The van der Waals surface area contributed by atoms with Gasteiger partial charge in [0, 0.05) is 24.0 Å². The lowest BCUT2D eigenvalue weighted by atomic mass is 10.00. The number of rotatable bonds is 11. The summed E-state index contributed by atoms with van der Waals surface area (Å²) < 4.78 is 31.7. The lowest BCUT2D eigenvalue weighted by Crippen LogP contribution is -2.31. The summed E-state index contributed by atoms with van der Waals surface area (Å²) in [4.78, 5) is 30.9. The first-order valence-electron chi connectivity index (χ1n) is 7.60. The van der Waals surface area contributed by atoms with Crippen molar-refractivity contribution in [2.45, 2.75) is 45.7 Å². The fraction of sp³-hybridized carbons (Fsp3) is 0.786. The molecule has 0 rings (SSSR count). The van der Waals surface area contributed by atoms with Crippen LogP contribution in [0.2, 0.25) is 0 Å². The summed E-state index contributed by atoms with van der Waals surface area (Å²) in [6.45, 7) is 4.78. The summed E-state index contributed by atoms with van der Waals surface area (Å²) >= 11 is 0. The van der Waals surface area contributed by atoms with Gasteiger partial charge in [0.15, 0.2) is 0 Å². The maximum Gasteiger partial charge on any atom is 0.490 e. The Morgan fingerprint density at radius 3 is 2.00 bits per heavy atom. The van der Waals surface area contributed by atoms with E-state index in [0.29, 0.717) is 12.3 Å². The summed E-state index contributed by atoms with van der Waals surface area (Å²) in [5.41, 5.74) is 0. The maximum absolute atomic E-state index is 11.7. The minimum absolute atomic E-state index is 0.139. The Labute approximate surface area is 152 Å². The van der Waals surface area contributed by atoms with Crippen LogP contribution in [0.1, 0.15) is 39.5 Å². The van der Waals surface area contributed by atoms with Crippen molar-refractivity contribution >= 4 is 39.4 Å². The zero-order valence-electron chi connectivity index (χ0n) is 14.1. The molecule has 0 saturated heterocycles. The minimum atomic E-state index is -5.08. The first-order valence-corrected chi connectivity index (χ1v) is 10.1. The van der Waals surface area contributed by atoms with Gasteiger partial charge in [0.05, 0.1) is 6.42 Å². The van der Waals surface area contributed by atoms with Crippen LogP contribution in [-0.2, 0) is 14.4 Å². The molecule has 1 amide bonds. The van der Waals surface area contributed by atoms with Gasteiger partial charge in [0.25, 0.3) is 0 Å². The number of nitrogens with one attached hydrogen (secondary N) is 1. The molecule has 25 heavy (non-hydrogen) atoms. The van der Waals surface area contributed by atoms with Crippen LogP contribution in [-0.4, -0.2) is 52.3 Å². The lowest BCUT2D eigenvalue weighted by molar-refractivity contribution is -0.192. The second-order valence-corrected chi connectivity index (χ2v) is 7.48. The first-order chi connectivity index (χ1) is 11.6. The molecule has 0 aliphatic heterocycles. The monoisotopic (exact) mass is 407 g/mol. The highest BCUT2D eigenvalue weighted by Crippen LogP contribution is 2.21. The predicted octanol–water partition coefficient (Wildman–Crippen LogP) is 3.42. The van der Waals surface area contributed by atoms with Gasteiger partial charge in [-0.25, -0.2) is 4.79 Å². The molecule has 6 nitrogen and oxygen atoms in total. The smallest absolute Gasteiger partial charge is 0.481 e. The Bertz CT molecular complexity index is 408. The quantitative estimate of drug-likeness (QED) is 0.356. The standard InChI is InChI=1S/C12H23NO3S2.C2HF3O2/c1-3-5-10(4-2)12(16)13-7-9-18-17-8-6-11(14)15;3-2(4,5)1(6)7/h10H,3-9H2,1-2H3,(H,13,16)(H,14,15);(H,6,7). The van der Waals surface area contributed by atoms with Crippen LogP contribution < -0.4 is 5.32 Å². The van der Waals surface area contributed by atoms with Crippen LogP contribution in [0, 0.1) is 5.92 Å². The molecule has 11 heteroatoms. The number of carbonyl (C=O) groups is 3. The number of hydrogen-bond acceptors (Lipinski definition) is 5. The predicted molar refractivity (Wildman–Crippen MR) is 92.6 cm³/mol. The highest BCUT2D eigenvalue weighted by Gasteiger charge is 2.38. The van der Waals surface area contributed by atoms with Crippen molar-refractivity contribution in [3.63, 3.8) is 0 Å². The summed E-state index contributed by atoms with van der Waals surface area (Å²) in [6, 6.07) is 0. The van der Waals surface area contributed by atoms with Crippen LogP contribution in [0.3, 0.4) is 0 Å². The van der Waals surface area contributed by atoms with Crippen LogP contribution in [0.5, 0.6) is 0 Å². The molecule has 0 spiro atoms. The third-order valence-corrected chi connectivity index (χ3v) is 5.12. The van der Waals surface area contributed by atoms with Crippen LogP contribution >= 0.6 is 21.6 Å². The first kappa shape index (κ1) is 26.1. The molecule has 0 fully saturated rings. The molecule has 0 aromatic carbocycles. The molecule has 0 bridgehead atoms. The van der Waals surface area contributed by atoms with Crippen molar-refractivity contribution in [3.8, 4) is 0 Å². The van der Waals surface area contributed by atoms with Gasteiger partial charge in [-0.1, -0.05) is 41.9 Å². The van der Waals surface area contributed by atoms with Gasteiger partial charge in [-0.3, -0.25) is 9.59 Å². The minimum Gasteiger partial charge on any atom is -0.481 e. The Morgan fingerprint density at radius 2 is 1.60 bits per heavy atom. The molecule has 0 aliphatic rings. The molecule has 0 aromatic heterocycles. The molecular weight excluding hydrogens is 383 g/mol. The maximum atomic E-state index is 11.7.